The van der Waals surface area contributed by atoms with Gasteiger partial charge in [-0.3, -0.25) is 0 Å². The van der Waals surface area contributed by atoms with Gasteiger partial charge in [-0.1, -0.05) is 6.07 Å². The van der Waals surface area contributed by atoms with Crippen molar-refractivity contribution in [2.75, 3.05) is 38.2 Å². The number of rotatable bonds is 4. The third kappa shape index (κ3) is 4.20. The lowest BCUT2D eigenvalue weighted by molar-refractivity contribution is 0.00121. The molecule has 8 heteroatoms. The Labute approximate surface area is 126 Å². The van der Waals surface area contributed by atoms with Gasteiger partial charge in [-0.15, -0.1) is 0 Å². The van der Waals surface area contributed by atoms with E-state index in [0.717, 1.165) is 24.6 Å². The number of nitrogens with zero attached hydrogens (tertiary/aromatic N) is 3. The van der Waals surface area contributed by atoms with Gasteiger partial charge in [0.25, 0.3) is 0 Å². The van der Waals surface area contributed by atoms with E-state index in [9.17, 15) is 8.78 Å². The van der Waals surface area contributed by atoms with E-state index in [0.29, 0.717) is 0 Å². The number of hydrogen-bond donors (Lipinski definition) is 1. The first-order chi connectivity index (χ1) is 10.0. The predicted molar refractivity (Wildman–Crippen MR) is 80.1 cm³/mol. The average Bonchev–Trinajstić information content (AvgIpc) is 2.53. The summed E-state index contributed by atoms with van der Waals surface area (Å²) in [6.45, 7) is 0.759. The third-order valence-corrected chi connectivity index (χ3v) is 4.02. The molecule has 2 rings (SSSR count). The molecule has 0 bridgehead atoms. The summed E-state index contributed by atoms with van der Waals surface area (Å²) in [7, 11) is 1.38. The Morgan fingerprint density at radius 2 is 2.19 bits per heavy atom. The maximum Gasteiger partial charge on any atom is 0.309 e. The molecule has 1 fully saturated rings. The largest absolute Gasteiger partial charge is 0.481 e. The smallest absolute Gasteiger partial charge is 0.309 e. The Hall–Kier alpha value is -1.57. The molecular weight excluding hydrogens is 298 g/mol. The van der Waals surface area contributed by atoms with E-state index < -0.39 is 12.5 Å². The van der Waals surface area contributed by atoms with E-state index in [1.165, 1.54) is 25.3 Å². The molecule has 0 atom stereocenters. The molecule has 1 aromatic rings. The summed E-state index contributed by atoms with van der Waals surface area (Å²) >= 11 is 1.82. The first-order valence-corrected chi connectivity index (χ1v) is 7.70. The van der Waals surface area contributed by atoms with Crippen LogP contribution in [0.2, 0.25) is 0 Å². The molecule has 0 aliphatic carbocycles. The quantitative estimate of drug-likeness (QED) is 0.674. The number of nitrogens with two attached hydrogens (primary N) is 1. The second kappa shape index (κ2) is 6.93. The summed E-state index contributed by atoms with van der Waals surface area (Å²) in [5.41, 5.74) is 5.41. The summed E-state index contributed by atoms with van der Waals surface area (Å²) in [4.78, 5) is 9.41. The number of aliphatic imine (C=N–C) groups is 1. The van der Waals surface area contributed by atoms with Gasteiger partial charge in [-0.25, -0.2) is 9.98 Å². The predicted octanol–water partition coefficient (Wildman–Crippen LogP) is 1.55. The number of guanidine groups is 1. The van der Waals surface area contributed by atoms with E-state index in [4.69, 9.17) is 10.5 Å². The number of hydrogen-bond acceptors (Lipinski definition) is 4. The lowest BCUT2D eigenvalue weighted by Crippen LogP contribution is -2.43. The van der Waals surface area contributed by atoms with Gasteiger partial charge >= 0.3 is 5.92 Å². The maximum atomic E-state index is 14.1. The van der Waals surface area contributed by atoms with Crippen molar-refractivity contribution in [2.24, 2.45) is 10.7 Å². The summed E-state index contributed by atoms with van der Waals surface area (Å²) in [5, 5.41) is 0. The van der Waals surface area contributed by atoms with Gasteiger partial charge in [-0.2, -0.15) is 20.5 Å². The fraction of sp³-hybridized carbons (Fsp3) is 0.538. The van der Waals surface area contributed by atoms with Crippen molar-refractivity contribution in [3.05, 3.63) is 23.9 Å². The van der Waals surface area contributed by atoms with Crippen LogP contribution in [0.1, 0.15) is 5.69 Å². The van der Waals surface area contributed by atoms with Crippen molar-refractivity contribution in [1.82, 2.24) is 9.88 Å². The van der Waals surface area contributed by atoms with Crippen LogP contribution in [0.25, 0.3) is 0 Å². The van der Waals surface area contributed by atoms with Crippen LogP contribution in [-0.2, 0) is 5.92 Å². The molecule has 0 aromatic carbocycles. The second-order valence-corrected chi connectivity index (χ2v) is 5.77. The minimum atomic E-state index is -3.18. The van der Waals surface area contributed by atoms with E-state index in [-0.39, 0.29) is 17.5 Å². The van der Waals surface area contributed by atoms with Gasteiger partial charge in [0.05, 0.1) is 7.11 Å². The first-order valence-electron chi connectivity index (χ1n) is 6.55. The Balaban J connectivity index is 2.05. The molecule has 1 aliphatic heterocycles. The number of aromatic nitrogens is 1. The van der Waals surface area contributed by atoms with Gasteiger partial charge in [-0.05, 0) is 6.07 Å². The highest BCUT2D eigenvalue weighted by Gasteiger charge is 2.33. The van der Waals surface area contributed by atoms with Gasteiger partial charge in [0.1, 0.15) is 12.2 Å². The molecule has 21 heavy (non-hydrogen) atoms. The third-order valence-electron chi connectivity index (χ3n) is 3.08. The summed E-state index contributed by atoms with van der Waals surface area (Å²) < 4.78 is 33.0. The number of pyridine rings is 1. The monoisotopic (exact) mass is 316 g/mol. The lowest BCUT2D eigenvalue weighted by atomic mass is 10.2. The Morgan fingerprint density at radius 1 is 1.48 bits per heavy atom. The number of halogens is 2. The fourth-order valence-electron chi connectivity index (χ4n) is 1.89. The Kier molecular flexibility index (Phi) is 5.22. The number of alkyl halides is 2. The molecule has 2 heterocycles. The minimum Gasteiger partial charge on any atom is -0.481 e. The molecular formula is C13H18F2N4OS. The van der Waals surface area contributed by atoms with Crippen molar-refractivity contribution in [3.63, 3.8) is 0 Å². The van der Waals surface area contributed by atoms with Crippen LogP contribution < -0.4 is 10.5 Å². The summed E-state index contributed by atoms with van der Waals surface area (Å²) in [6.07, 6.45) is 0. The molecule has 0 saturated carbocycles. The van der Waals surface area contributed by atoms with Crippen molar-refractivity contribution in [3.8, 4) is 5.88 Å². The molecule has 5 nitrogen and oxygen atoms in total. The van der Waals surface area contributed by atoms with E-state index >= 15 is 0 Å². The zero-order chi connectivity index (χ0) is 15.3. The van der Waals surface area contributed by atoms with Crippen LogP contribution in [0.4, 0.5) is 8.78 Å². The summed E-state index contributed by atoms with van der Waals surface area (Å²) in [6, 6.07) is 4.25. The van der Waals surface area contributed by atoms with Gasteiger partial charge in [0.2, 0.25) is 5.88 Å². The highest BCUT2D eigenvalue weighted by atomic mass is 32.2. The summed E-state index contributed by atoms with van der Waals surface area (Å²) in [5.74, 6) is -0.993. The first kappa shape index (κ1) is 15.8. The molecule has 0 amide bonds. The van der Waals surface area contributed by atoms with Crippen molar-refractivity contribution in [1.29, 1.82) is 0 Å². The highest BCUT2D eigenvalue weighted by Crippen LogP contribution is 2.28. The molecule has 1 aromatic heterocycles. The second-order valence-electron chi connectivity index (χ2n) is 4.54. The van der Waals surface area contributed by atoms with Gasteiger partial charge in [0.15, 0.2) is 5.96 Å². The van der Waals surface area contributed by atoms with E-state index in [1.54, 1.807) is 0 Å². The van der Waals surface area contributed by atoms with Crippen LogP contribution in [0.3, 0.4) is 0 Å². The zero-order valence-electron chi connectivity index (χ0n) is 11.8. The normalized spacial score (nSPS) is 16.9. The molecule has 1 saturated heterocycles. The molecule has 0 unspecified atom stereocenters. The van der Waals surface area contributed by atoms with E-state index in [2.05, 4.69) is 9.98 Å². The molecule has 116 valence electrons. The van der Waals surface area contributed by atoms with Gasteiger partial charge in [0, 0.05) is 30.7 Å². The zero-order valence-corrected chi connectivity index (χ0v) is 12.6. The fourth-order valence-corrected chi connectivity index (χ4v) is 2.79. The standard InChI is InChI=1S/C13H18F2N4OS/c1-20-11-4-2-3-10(18-11)13(14,15)9-17-12(16)19-5-7-21-8-6-19/h2-4H,5-9H2,1H3,(H2,16,17). The molecule has 2 N–H and O–H groups in total. The lowest BCUT2D eigenvalue weighted by Gasteiger charge is -2.27. The van der Waals surface area contributed by atoms with Crippen LogP contribution in [0.15, 0.2) is 23.2 Å². The molecule has 1 aliphatic rings. The van der Waals surface area contributed by atoms with Crippen molar-refractivity contribution >= 4 is 17.7 Å². The minimum absolute atomic E-state index is 0.150. The number of methoxy groups -OCH3 is 1. The number of thioether (sulfide) groups is 1. The molecule has 0 radical (unpaired) electrons. The van der Waals surface area contributed by atoms with E-state index in [1.807, 2.05) is 16.7 Å². The van der Waals surface area contributed by atoms with Crippen LogP contribution in [-0.4, -0.2) is 54.1 Å². The maximum absolute atomic E-state index is 14.1. The average molecular weight is 316 g/mol. The van der Waals surface area contributed by atoms with Crippen molar-refractivity contribution < 1.29 is 13.5 Å². The van der Waals surface area contributed by atoms with Crippen LogP contribution in [0.5, 0.6) is 5.88 Å². The number of ether oxygens (including phenoxy) is 1. The Morgan fingerprint density at radius 3 is 2.86 bits per heavy atom. The van der Waals surface area contributed by atoms with Crippen molar-refractivity contribution in [2.45, 2.75) is 5.92 Å². The topological polar surface area (TPSA) is 63.7 Å². The Bertz CT molecular complexity index is 507. The highest BCUT2D eigenvalue weighted by molar-refractivity contribution is 7.99. The van der Waals surface area contributed by atoms with Gasteiger partial charge < -0.3 is 15.4 Å². The molecule has 0 spiro atoms. The van der Waals surface area contributed by atoms with Crippen LogP contribution >= 0.6 is 11.8 Å². The van der Waals surface area contributed by atoms with Crippen LogP contribution in [0, 0.1) is 0 Å². The SMILES string of the molecule is COc1cccc(C(F)(F)CN=C(N)N2CCSCC2)n1.